The molecule has 0 bridgehead atoms. The zero-order chi connectivity index (χ0) is 14.4. The molecule has 1 aliphatic heterocycles. The molecule has 1 aliphatic carbocycles. The van der Waals surface area contributed by atoms with Crippen molar-refractivity contribution in [3.8, 4) is 0 Å². The first kappa shape index (κ1) is 13.9. The maximum Gasteiger partial charge on any atom is 0.157 e. The van der Waals surface area contributed by atoms with E-state index in [1.807, 2.05) is 0 Å². The largest absolute Gasteiger partial charge is 0.308 e. The highest BCUT2D eigenvalue weighted by atomic mass is 32.2. The van der Waals surface area contributed by atoms with Gasteiger partial charge in [0.1, 0.15) is 0 Å². The van der Waals surface area contributed by atoms with Crippen molar-refractivity contribution < 1.29 is 0 Å². The fraction of sp³-hybridized carbons (Fsp3) is 0.444. The van der Waals surface area contributed by atoms with E-state index in [2.05, 4.69) is 65.8 Å². The van der Waals surface area contributed by atoms with E-state index in [1.54, 1.807) is 10.1 Å². The lowest BCUT2D eigenvalue weighted by atomic mass is 10.1. The highest BCUT2D eigenvalue weighted by Gasteiger charge is 2.42. The molecule has 1 saturated carbocycles. The Hall–Kier alpha value is -0.773. The summed E-state index contributed by atoms with van der Waals surface area (Å²) in [6.07, 6.45) is 5.69. The topological polar surface area (TPSA) is 3.24 Å². The van der Waals surface area contributed by atoms with Gasteiger partial charge in [-0.3, -0.25) is 0 Å². The van der Waals surface area contributed by atoms with Crippen LogP contribution in [-0.4, -0.2) is 24.7 Å². The van der Waals surface area contributed by atoms with Crippen LogP contribution in [0.1, 0.15) is 25.7 Å². The average molecular weight is 314 g/mol. The molecule has 0 N–H and O–H groups in total. The van der Waals surface area contributed by atoms with Gasteiger partial charge in [-0.1, -0.05) is 56.3 Å². The molecule has 3 heteroatoms. The second-order valence-corrected chi connectivity index (χ2v) is 12.1. The van der Waals surface area contributed by atoms with Gasteiger partial charge in [0, 0.05) is 16.8 Å². The fourth-order valence-electron chi connectivity index (χ4n) is 4.22. The van der Waals surface area contributed by atoms with E-state index < -0.39 is 8.24 Å². The summed E-state index contributed by atoms with van der Waals surface area (Å²) in [5, 5.41) is 4.59. The summed E-state index contributed by atoms with van der Waals surface area (Å²) in [5.74, 6) is 1.20. The highest BCUT2D eigenvalue weighted by molar-refractivity contribution is 7.99. The predicted molar refractivity (Wildman–Crippen MR) is 95.9 cm³/mol. The van der Waals surface area contributed by atoms with Crippen molar-refractivity contribution in [2.75, 3.05) is 5.88 Å². The zero-order valence-corrected chi connectivity index (χ0v) is 14.7. The van der Waals surface area contributed by atoms with Gasteiger partial charge in [-0.25, -0.2) is 0 Å². The van der Waals surface area contributed by atoms with E-state index >= 15 is 0 Å². The van der Waals surface area contributed by atoms with Crippen molar-refractivity contribution in [1.82, 2.24) is 4.57 Å². The SMILES string of the molecule is C[Si]1(C)c2c(ccc3ccccc23)SCN1C1CCCC1. The zero-order valence-electron chi connectivity index (χ0n) is 12.9. The lowest BCUT2D eigenvalue weighted by Crippen LogP contribution is -2.63. The number of hydrogen-bond acceptors (Lipinski definition) is 2. The summed E-state index contributed by atoms with van der Waals surface area (Å²) in [6.45, 7) is 5.13. The van der Waals surface area contributed by atoms with Gasteiger partial charge in [-0.2, -0.15) is 0 Å². The van der Waals surface area contributed by atoms with Gasteiger partial charge in [0.25, 0.3) is 0 Å². The fourth-order valence-corrected chi connectivity index (χ4v) is 10.6. The quantitative estimate of drug-likeness (QED) is 0.710. The molecule has 21 heavy (non-hydrogen) atoms. The van der Waals surface area contributed by atoms with Crippen LogP contribution in [-0.2, 0) is 0 Å². The minimum Gasteiger partial charge on any atom is -0.308 e. The maximum absolute atomic E-state index is 2.90. The molecule has 2 aliphatic rings. The van der Waals surface area contributed by atoms with Crippen LogP contribution in [0.25, 0.3) is 10.8 Å². The van der Waals surface area contributed by atoms with Gasteiger partial charge in [-0.15, -0.1) is 11.8 Å². The normalized spacial score (nSPS) is 22.6. The molecule has 4 rings (SSSR count). The predicted octanol–water partition coefficient (Wildman–Crippen LogP) is 4.56. The van der Waals surface area contributed by atoms with Gasteiger partial charge in [-0.05, 0) is 34.9 Å². The monoisotopic (exact) mass is 313 g/mol. The first-order valence-electron chi connectivity index (χ1n) is 8.10. The second-order valence-electron chi connectivity index (χ2n) is 6.90. The average Bonchev–Trinajstić information content (AvgIpc) is 3.00. The Balaban J connectivity index is 1.87. The van der Waals surface area contributed by atoms with E-state index in [4.69, 9.17) is 0 Å². The first-order valence-corrected chi connectivity index (χ1v) is 12.0. The van der Waals surface area contributed by atoms with Gasteiger partial charge in [0.2, 0.25) is 0 Å². The van der Waals surface area contributed by atoms with Gasteiger partial charge in [0.15, 0.2) is 8.24 Å². The van der Waals surface area contributed by atoms with E-state index in [9.17, 15) is 0 Å². The third kappa shape index (κ3) is 2.17. The Bertz CT molecular complexity index is 676. The van der Waals surface area contributed by atoms with Crippen LogP contribution < -0.4 is 5.19 Å². The minimum atomic E-state index is -1.56. The van der Waals surface area contributed by atoms with Gasteiger partial charge >= 0.3 is 0 Å². The Morgan fingerprint density at radius 2 is 1.81 bits per heavy atom. The number of thioether (sulfide) groups is 1. The number of fused-ring (bicyclic) bond motifs is 3. The van der Waals surface area contributed by atoms with Crippen LogP contribution in [0.4, 0.5) is 0 Å². The van der Waals surface area contributed by atoms with E-state index in [0.717, 1.165) is 6.04 Å². The molecule has 1 nitrogen and oxygen atoms in total. The van der Waals surface area contributed by atoms with Crippen LogP contribution in [0, 0.1) is 0 Å². The molecular weight excluding hydrogens is 290 g/mol. The van der Waals surface area contributed by atoms with Crippen LogP contribution in [0.15, 0.2) is 41.3 Å². The molecule has 1 heterocycles. The molecular formula is C18H23NSSi. The first-order chi connectivity index (χ1) is 10.2. The van der Waals surface area contributed by atoms with Crippen LogP contribution in [0.5, 0.6) is 0 Å². The Morgan fingerprint density at radius 3 is 2.62 bits per heavy atom. The van der Waals surface area contributed by atoms with Crippen LogP contribution in [0.2, 0.25) is 13.1 Å². The molecule has 0 unspecified atom stereocenters. The molecule has 0 aromatic heterocycles. The minimum absolute atomic E-state index is 0.839. The third-order valence-corrected chi connectivity index (χ3v) is 10.5. The molecule has 0 atom stereocenters. The smallest absolute Gasteiger partial charge is 0.157 e. The number of benzene rings is 2. The van der Waals surface area contributed by atoms with Crippen molar-refractivity contribution >= 4 is 36.0 Å². The number of hydrogen-bond donors (Lipinski definition) is 0. The third-order valence-electron chi connectivity index (χ3n) is 5.35. The van der Waals surface area contributed by atoms with Crippen molar-refractivity contribution in [3.63, 3.8) is 0 Å². The van der Waals surface area contributed by atoms with Gasteiger partial charge in [0.05, 0.1) is 0 Å². The summed E-state index contributed by atoms with van der Waals surface area (Å²) >= 11 is 2.06. The molecule has 0 amide bonds. The summed E-state index contributed by atoms with van der Waals surface area (Å²) in [5.41, 5.74) is 0. The Morgan fingerprint density at radius 1 is 1.05 bits per heavy atom. The summed E-state index contributed by atoms with van der Waals surface area (Å²) in [6, 6.07) is 14.5. The van der Waals surface area contributed by atoms with Crippen molar-refractivity contribution in [3.05, 3.63) is 36.4 Å². The van der Waals surface area contributed by atoms with Crippen molar-refractivity contribution in [2.45, 2.75) is 49.7 Å². The lowest BCUT2D eigenvalue weighted by molar-refractivity contribution is 0.365. The molecule has 2 aromatic carbocycles. The van der Waals surface area contributed by atoms with E-state index in [1.165, 1.54) is 42.3 Å². The molecule has 0 saturated heterocycles. The molecule has 1 fully saturated rings. The Labute approximate surface area is 132 Å². The van der Waals surface area contributed by atoms with Crippen LogP contribution in [0.3, 0.4) is 0 Å². The maximum atomic E-state index is 2.90. The summed E-state index contributed by atoms with van der Waals surface area (Å²) in [7, 11) is -1.56. The Kier molecular flexibility index (Phi) is 3.40. The second kappa shape index (κ2) is 5.15. The van der Waals surface area contributed by atoms with E-state index in [0.29, 0.717) is 0 Å². The standard InChI is InChI=1S/C18H23NSSi/c1-21(2)18-16-10-6-3-7-14(16)11-12-17(18)20-13-19(21)15-8-4-5-9-15/h3,6-7,10-12,15H,4-5,8-9,13H2,1-2H3. The van der Waals surface area contributed by atoms with Crippen LogP contribution >= 0.6 is 11.8 Å². The molecule has 0 spiro atoms. The lowest BCUT2D eigenvalue weighted by Gasteiger charge is -2.46. The molecule has 2 aromatic rings. The molecule has 110 valence electrons. The van der Waals surface area contributed by atoms with Crippen molar-refractivity contribution in [2.24, 2.45) is 0 Å². The van der Waals surface area contributed by atoms with Gasteiger partial charge < -0.3 is 4.57 Å². The number of rotatable bonds is 1. The summed E-state index contributed by atoms with van der Waals surface area (Å²) in [4.78, 5) is 1.54. The van der Waals surface area contributed by atoms with E-state index in [-0.39, 0.29) is 0 Å². The molecule has 0 radical (unpaired) electrons. The number of nitrogens with zero attached hydrogens (tertiary/aromatic N) is 1. The summed E-state index contributed by atoms with van der Waals surface area (Å²) < 4.78 is 2.90. The highest BCUT2D eigenvalue weighted by Crippen LogP contribution is 2.37. The van der Waals surface area contributed by atoms with Crippen molar-refractivity contribution in [1.29, 1.82) is 0 Å².